The van der Waals surface area contributed by atoms with E-state index in [-0.39, 0.29) is 28.4 Å². The third kappa shape index (κ3) is 4.58. The van der Waals surface area contributed by atoms with Crippen molar-refractivity contribution in [1.82, 2.24) is 19.4 Å². The van der Waals surface area contributed by atoms with Crippen LogP contribution >= 0.6 is 0 Å². The summed E-state index contributed by atoms with van der Waals surface area (Å²) in [6.07, 6.45) is 2.12. The minimum Gasteiger partial charge on any atom is -0.442 e. The SMILES string of the molecule is COCCCn1cnc2oc(C)c(C(=O)N3CCN(Cc4ccc(F)cc4)CC3)c2c1=O. The molecule has 0 spiro atoms. The Kier molecular flexibility index (Phi) is 6.66. The van der Waals surface area contributed by atoms with Gasteiger partial charge in [-0.15, -0.1) is 0 Å². The predicted octanol–water partition coefficient (Wildman–Crippen LogP) is 2.43. The van der Waals surface area contributed by atoms with Gasteiger partial charge in [0.1, 0.15) is 23.3 Å². The summed E-state index contributed by atoms with van der Waals surface area (Å²) in [4.78, 5) is 34.6. The molecule has 170 valence electrons. The van der Waals surface area contributed by atoms with Crippen molar-refractivity contribution in [3.05, 3.63) is 63.7 Å². The maximum absolute atomic E-state index is 13.3. The summed E-state index contributed by atoms with van der Waals surface area (Å²) in [6, 6.07) is 6.47. The molecule has 0 unspecified atom stereocenters. The molecule has 0 radical (unpaired) electrons. The van der Waals surface area contributed by atoms with E-state index in [1.165, 1.54) is 23.0 Å². The van der Waals surface area contributed by atoms with Gasteiger partial charge in [0.2, 0.25) is 5.71 Å². The highest BCUT2D eigenvalue weighted by Crippen LogP contribution is 2.23. The minimum absolute atomic E-state index is 0.189. The maximum Gasteiger partial charge on any atom is 0.265 e. The topological polar surface area (TPSA) is 80.8 Å². The number of amides is 1. The third-order valence-electron chi connectivity index (χ3n) is 5.80. The Bertz CT molecular complexity index is 1150. The summed E-state index contributed by atoms with van der Waals surface area (Å²) in [5.74, 6) is -0.0617. The second-order valence-electron chi connectivity index (χ2n) is 8.00. The molecule has 2 aromatic heterocycles. The highest BCUT2D eigenvalue weighted by atomic mass is 19.1. The average molecular weight is 442 g/mol. The number of benzene rings is 1. The van der Waals surface area contributed by atoms with Crippen LogP contribution in [0.4, 0.5) is 4.39 Å². The Hall–Kier alpha value is -3.04. The van der Waals surface area contributed by atoms with Gasteiger partial charge in [0.15, 0.2) is 0 Å². The molecule has 0 bridgehead atoms. The molecule has 4 rings (SSSR count). The van der Waals surface area contributed by atoms with Crippen molar-refractivity contribution in [3.8, 4) is 0 Å². The molecule has 32 heavy (non-hydrogen) atoms. The summed E-state index contributed by atoms with van der Waals surface area (Å²) in [5, 5.41) is 0.237. The number of hydrogen-bond donors (Lipinski definition) is 0. The molecule has 9 heteroatoms. The number of halogens is 1. The summed E-state index contributed by atoms with van der Waals surface area (Å²) in [6.45, 7) is 5.83. The Labute approximate surface area is 185 Å². The second kappa shape index (κ2) is 9.62. The molecule has 1 aromatic carbocycles. The first-order valence-corrected chi connectivity index (χ1v) is 10.7. The number of ether oxygens (including phenoxy) is 1. The van der Waals surface area contributed by atoms with Crippen LogP contribution in [0.25, 0.3) is 11.1 Å². The molecule has 1 aliphatic heterocycles. The normalized spacial score (nSPS) is 14.9. The average Bonchev–Trinajstić information content (AvgIpc) is 3.14. The highest BCUT2D eigenvalue weighted by molar-refractivity contribution is 6.06. The van der Waals surface area contributed by atoms with Crippen molar-refractivity contribution in [2.45, 2.75) is 26.4 Å². The first kappa shape index (κ1) is 22.2. The number of aryl methyl sites for hydroxylation is 2. The Morgan fingerprint density at radius 1 is 1.19 bits per heavy atom. The zero-order chi connectivity index (χ0) is 22.7. The molecular formula is C23H27FN4O4. The molecule has 0 aliphatic carbocycles. The van der Waals surface area contributed by atoms with E-state index in [0.29, 0.717) is 63.6 Å². The fourth-order valence-electron chi connectivity index (χ4n) is 4.05. The highest BCUT2D eigenvalue weighted by Gasteiger charge is 2.29. The molecule has 1 amide bonds. The van der Waals surface area contributed by atoms with Crippen LogP contribution in [0.3, 0.4) is 0 Å². The molecule has 0 atom stereocenters. The van der Waals surface area contributed by atoms with Crippen LogP contribution in [-0.4, -0.2) is 65.2 Å². The number of nitrogens with zero attached hydrogens (tertiary/aromatic N) is 4. The van der Waals surface area contributed by atoms with Crippen molar-refractivity contribution in [3.63, 3.8) is 0 Å². The van der Waals surface area contributed by atoms with Gasteiger partial charge in [-0.05, 0) is 31.0 Å². The molecule has 1 aliphatic rings. The second-order valence-corrected chi connectivity index (χ2v) is 8.00. The van der Waals surface area contributed by atoms with E-state index in [1.807, 2.05) is 0 Å². The van der Waals surface area contributed by atoms with E-state index >= 15 is 0 Å². The molecule has 0 N–H and O–H groups in total. The van der Waals surface area contributed by atoms with Crippen LogP contribution in [0.5, 0.6) is 0 Å². The van der Waals surface area contributed by atoms with Gasteiger partial charge in [0, 0.05) is 53.0 Å². The van der Waals surface area contributed by atoms with Gasteiger partial charge in [0.25, 0.3) is 11.5 Å². The molecule has 0 saturated carbocycles. The largest absolute Gasteiger partial charge is 0.442 e. The summed E-state index contributed by atoms with van der Waals surface area (Å²) >= 11 is 0. The van der Waals surface area contributed by atoms with Crippen LogP contribution in [0.2, 0.25) is 0 Å². The van der Waals surface area contributed by atoms with Crippen molar-refractivity contribution >= 4 is 17.0 Å². The van der Waals surface area contributed by atoms with Crippen LogP contribution in [-0.2, 0) is 17.8 Å². The van der Waals surface area contributed by atoms with E-state index in [0.717, 1.165) is 5.56 Å². The number of carbonyl (C=O) groups excluding carboxylic acids is 1. The van der Waals surface area contributed by atoms with E-state index in [2.05, 4.69) is 9.88 Å². The fourth-order valence-corrected chi connectivity index (χ4v) is 4.05. The summed E-state index contributed by atoms with van der Waals surface area (Å²) < 4.78 is 25.3. The first-order chi connectivity index (χ1) is 15.5. The van der Waals surface area contributed by atoms with Crippen molar-refractivity contribution in [2.24, 2.45) is 0 Å². The van der Waals surface area contributed by atoms with Crippen LogP contribution in [0.1, 0.15) is 28.1 Å². The maximum atomic E-state index is 13.3. The van der Waals surface area contributed by atoms with Crippen molar-refractivity contribution < 1.29 is 18.3 Å². The zero-order valence-electron chi connectivity index (χ0n) is 18.3. The number of carbonyl (C=O) groups is 1. The number of rotatable bonds is 7. The lowest BCUT2D eigenvalue weighted by Crippen LogP contribution is -2.48. The van der Waals surface area contributed by atoms with Gasteiger partial charge in [-0.2, -0.15) is 0 Å². The minimum atomic E-state index is -0.277. The van der Waals surface area contributed by atoms with Gasteiger partial charge >= 0.3 is 0 Å². The van der Waals surface area contributed by atoms with Gasteiger partial charge < -0.3 is 14.1 Å². The monoisotopic (exact) mass is 442 g/mol. The number of methoxy groups -OCH3 is 1. The zero-order valence-corrected chi connectivity index (χ0v) is 18.3. The third-order valence-corrected chi connectivity index (χ3v) is 5.80. The molecule has 8 nitrogen and oxygen atoms in total. The van der Waals surface area contributed by atoms with Gasteiger partial charge in [-0.3, -0.25) is 19.1 Å². The number of fused-ring (bicyclic) bond motifs is 1. The molecule has 3 aromatic rings. The number of piperazine rings is 1. The smallest absolute Gasteiger partial charge is 0.265 e. The van der Waals surface area contributed by atoms with Gasteiger partial charge in [-0.1, -0.05) is 12.1 Å². The van der Waals surface area contributed by atoms with E-state index in [9.17, 15) is 14.0 Å². The molecular weight excluding hydrogens is 415 g/mol. The van der Waals surface area contributed by atoms with Gasteiger partial charge in [0.05, 0.1) is 5.56 Å². The predicted molar refractivity (Wildman–Crippen MR) is 117 cm³/mol. The number of hydrogen-bond acceptors (Lipinski definition) is 6. The number of furan rings is 1. The first-order valence-electron chi connectivity index (χ1n) is 10.7. The number of aromatic nitrogens is 2. The van der Waals surface area contributed by atoms with Crippen LogP contribution in [0, 0.1) is 12.7 Å². The van der Waals surface area contributed by atoms with Gasteiger partial charge in [-0.25, -0.2) is 9.37 Å². The van der Waals surface area contributed by atoms with E-state index in [1.54, 1.807) is 31.1 Å². The van der Waals surface area contributed by atoms with Crippen molar-refractivity contribution in [1.29, 1.82) is 0 Å². The van der Waals surface area contributed by atoms with E-state index in [4.69, 9.17) is 9.15 Å². The molecule has 1 saturated heterocycles. The Balaban J connectivity index is 1.49. The fraction of sp³-hybridized carbons (Fsp3) is 0.435. The van der Waals surface area contributed by atoms with E-state index < -0.39 is 0 Å². The van der Waals surface area contributed by atoms with Crippen LogP contribution in [0.15, 0.2) is 39.8 Å². The van der Waals surface area contributed by atoms with Crippen molar-refractivity contribution in [2.75, 3.05) is 39.9 Å². The molecule has 1 fully saturated rings. The summed E-state index contributed by atoms with van der Waals surface area (Å²) in [7, 11) is 1.61. The lowest BCUT2D eigenvalue weighted by molar-refractivity contribution is 0.0628. The van der Waals surface area contributed by atoms with Crippen LogP contribution < -0.4 is 5.56 Å². The quantitative estimate of drug-likeness (QED) is 0.523. The Morgan fingerprint density at radius 3 is 2.59 bits per heavy atom. The lowest BCUT2D eigenvalue weighted by Gasteiger charge is -2.34. The standard InChI is InChI=1S/C23H27FN4O4/c1-16-19(20-21(32-16)25-15-28(23(20)30)8-3-13-31-2)22(29)27-11-9-26(10-12-27)14-17-4-6-18(24)7-5-17/h4-7,15H,3,8-14H2,1-2H3. The molecule has 3 heterocycles. The Morgan fingerprint density at radius 2 is 1.91 bits per heavy atom. The lowest BCUT2D eigenvalue weighted by atomic mass is 10.1. The summed E-state index contributed by atoms with van der Waals surface area (Å²) in [5.41, 5.74) is 1.24.